The first-order valence-corrected chi connectivity index (χ1v) is 5.38. The van der Waals surface area contributed by atoms with E-state index in [0.717, 1.165) is 12.8 Å². The summed E-state index contributed by atoms with van der Waals surface area (Å²) in [6, 6.07) is 0. The predicted octanol–water partition coefficient (Wildman–Crippen LogP) is 2.10. The summed E-state index contributed by atoms with van der Waals surface area (Å²) in [6.45, 7) is 8.83. The average Bonchev–Trinajstić information content (AvgIpc) is 2.54. The Kier molecular flexibility index (Phi) is 2.37. The molecule has 14 heavy (non-hydrogen) atoms. The molecule has 3 heteroatoms. The summed E-state index contributed by atoms with van der Waals surface area (Å²) >= 11 is 0. The lowest BCUT2D eigenvalue weighted by Gasteiger charge is -2.23. The van der Waals surface area contributed by atoms with Crippen LogP contribution in [0.4, 0.5) is 0 Å². The molecule has 0 N–H and O–H groups in total. The van der Waals surface area contributed by atoms with Crippen LogP contribution in [-0.4, -0.2) is 30.2 Å². The lowest BCUT2D eigenvalue weighted by atomic mass is 10.0. The summed E-state index contributed by atoms with van der Waals surface area (Å²) in [5.74, 6) is -0.430. The molecule has 2 aliphatic rings. The highest BCUT2D eigenvalue weighted by Crippen LogP contribution is 2.35. The summed E-state index contributed by atoms with van der Waals surface area (Å²) in [6.07, 6.45) is 2.52. The van der Waals surface area contributed by atoms with E-state index in [4.69, 9.17) is 14.2 Å². The van der Waals surface area contributed by atoms with Gasteiger partial charge in [-0.05, 0) is 40.5 Å². The maximum atomic E-state index is 5.92. The Labute approximate surface area is 85.7 Å². The minimum atomic E-state index is -0.430. The van der Waals surface area contributed by atoms with Gasteiger partial charge in [0, 0.05) is 0 Å². The molecule has 0 radical (unpaired) electrons. The Morgan fingerprint density at radius 3 is 2.14 bits per heavy atom. The van der Waals surface area contributed by atoms with Crippen LogP contribution in [0.25, 0.3) is 0 Å². The molecule has 2 saturated heterocycles. The Bertz CT molecular complexity index is 199. The Morgan fingerprint density at radius 1 is 1.00 bits per heavy atom. The van der Waals surface area contributed by atoms with E-state index in [1.165, 1.54) is 0 Å². The molecule has 0 saturated carbocycles. The SMILES string of the molecule is CC1(C)CC[C@@H]([C@H]2COC(C)(C)O2)O1. The van der Waals surface area contributed by atoms with Crippen LogP contribution < -0.4 is 0 Å². The Hall–Kier alpha value is -0.120. The molecule has 3 nitrogen and oxygen atoms in total. The van der Waals surface area contributed by atoms with E-state index in [1.807, 2.05) is 13.8 Å². The number of rotatable bonds is 1. The number of ether oxygens (including phenoxy) is 3. The van der Waals surface area contributed by atoms with Gasteiger partial charge in [0.25, 0.3) is 0 Å². The first kappa shape index (κ1) is 10.4. The number of hydrogen-bond acceptors (Lipinski definition) is 3. The maximum absolute atomic E-state index is 5.92. The Balaban J connectivity index is 1.93. The lowest BCUT2D eigenvalue weighted by Crippen LogP contribution is -2.32. The standard InChI is InChI=1S/C11H20O3/c1-10(2)6-5-8(13-10)9-7-12-11(3,4)14-9/h8-9H,5-7H2,1-4H3/t8-,9+/m0/s1. The van der Waals surface area contributed by atoms with E-state index in [9.17, 15) is 0 Å². The van der Waals surface area contributed by atoms with Crippen LogP contribution >= 0.6 is 0 Å². The zero-order chi connectivity index (χ0) is 10.4. The van der Waals surface area contributed by atoms with Gasteiger partial charge in [0.15, 0.2) is 5.79 Å². The molecule has 0 aliphatic carbocycles. The summed E-state index contributed by atoms with van der Waals surface area (Å²) < 4.78 is 17.2. The van der Waals surface area contributed by atoms with Crippen molar-refractivity contribution in [3.63, 3.8) is 0 Å². The fourth-order valence-corrected chi connectivity index (χ4v) is 2.18. The summed E-state index contributed by atoms with van der Waals surface area (Å²) in [4.78, 5) is 0. The van der Waals surface area contributed by atoms with Crippen molar-refractivity contribution in [1.29, 1.82) is 0 Å². The van der Waals surface area contributed by atoms with E-state index >= 15 is 0 Å². The van der Waals surface area contributed by atoms with Crippen molar-refractivity contribution in [2.45, 2.75) is 64.1 Å². The summed E-state index contributed by atoms with van der Waals surface area (Å²) in [7, 11) is 0. The topological polar surface area (TPSA) is 27.7 Å². The van der Waals surface area contributed by atoms with Gasteiger partial charge in [0.05, 0.1) is 18.3 Å². The molecule has 0 aromatic rings. The zero-order valence-electron chi connectivity index (χ0n) is 9.50. The van der Waals surface area contributed by atoms with Crippen molar-refractivity contribution in [3.05, 3.63) is 0 Å². The molecule has 0 aromatic carbocycles. The highest BCUT2D eigenvalue weighted by atomic mass is 16.7. The second kappa shape index (κ2) is 3.19. The maximum Gasteiger partial charge on any atom is 0.163 e. The van der Waals surface area contributed by atoms with E-state index in [1.54, 1.807) is 0 Å². The van der Waals surface area contributed by atoms with Gasteiger partial charge in [-0.2, -0.15) is 0 Å². The third-order valence-corrected chi connectivity index (χ3v) is 2.95. The minimum Gasteiger partial charge on any atom is -0.370 e. The largest absolute Gasteiger partial charge is 0.370 e. The third-order valence-electron chi connectivity index (χ3n) is 2.95. The van der Waals surface area contributed by atoms with Crippen LogP contribution in [0.5, 0.6) is 0 Å². The van der Waals surface area contributed by atoms with Crippen molar-refractivity contribution >= 4 is 0 Å². The summed E-state index contributed by atoms with van der Waals surface area (Å²) in [5.41, 5.74) is 0.0146. The van der Waals surface area contributed by atoms with Crippen LogP contribution in [0, 0.1) is 0 Å². The van der Waals surface area contributed by atoms with Crippen molar-refractivity contribution in [3.8, 4) is 0 Å². The highest BCUT2D eigenvalue weighted by molar-refractivity contribution is 4.88. The van der Waals surface area contributed by atoms with Gasteiger partial charge >= 0.3 is 0 Å². The molecule has 0 aromatic heterocycles. The molecule has 2 atom stereocenters. The molecular formula is C11H20O3. The highest BCUT2D eigenvalue weighted by Gasteiger charge is 2.43. The van der Waals surface area contributed by atoms with Gasteiger partial charge < -0.3 is 14.2 Å². The molecule has 82 valence electrons. The fraction of sp³-hybridized carbons (Fsp3) is 1.00. The van der Waals surface area contributed by atoms with Crippen LogP contribution in [0.1, 0.15) is 40.5 Å². The molecular weight excluding hydrogens is 180 g/mol. The molecule has 0 bridgehead atoms. The summed E-state index contributed by atoms with van der Waals surface area (Å²) in [5, 5.41) is 0. The minimum absolute atomic E-state index is 0.0146. The zero-order valence-corrected chi connectivity index (χ0v) is 9.50. The van der Waals surface area contributed by atoms with Gasteiger partial charge in [-0.15, -0.1) is 0 Å². The van der Waals surface area contributed by atoms with Crippen LogP contribution in [0.3, 0.4) is 0 Å². The van der Waals surface area contributed by atoms with Crippen molar-refractivity contribution in [2.75, 3.05) is 6.61 Å². The van der Waals surface area contributed by atoms with E-state index < -0.39 is 5.79 Å². The van der Waals surface area contributed by atoms with Crippen molar-refractivity contribution < 1.29 is 14.2 Å². The molecule has 2 heterocycles. The van der Waals surface area contributed by atoms with E-state index in [-0.39, 0.29) is 17.8 Å². The monoisotopic (exact) mass is 200 g/mol. The predicted molar refractivity (Wildman–Crippen MR) is 53.1 cm³/mol. The molecule has 2 rings (SSSR count). The van der Waals surface area contributed by atoms with Crippen LogP contribution in [-0.2, 0) is 14.2 Å². The molecule has 2 aliphatic heterocycles. The quantitative estimate of drug-likeness (QED) is 0.648. The molecule has 2 fully saturated rings. The van der Waals surface area contributed by atoms with Gasteiger partial charge in [-0.1, -0.05) is 0 Å². The third kappa shape index (κ3) is 2.10. The van der Waals surface area contributed by atoms with Crippen LogP contribution in [0.15, 0.2) is 0 Å². The smallest absolute Gasteiger partial charge is 0.163 e. The van der Waals surface area contributed by atoms with Crippen molar-refractivity contribution in [2.24, 2.45) is 0 Å². The van der Waals surface area contributed by atoms with E-state index in [2.05, 4.69) is 13.8 Å². The van der Waals surface area contributed by atoms with Gasteiger partial charge in [-0.25, -0.2) is 0 Å². The molecule has 0 unspecified atom stereocenters. The van der Waals surface area contributed by atoms with E-state index in [0.29, 0.717) is 6.61 Å². The first-order chi connectivity index (χ1) is 6.38. The molecule has 0 spiro atoms. The second-order valence-corrected chi connectivity index (χ2v) is 5.32. The molecule has 0 amide bonds. The average molecular weight is 200 g/mol. The second-order valence-electron chi connectivity index (χ2n) is 5.32. The number of hydrogen-bond donors (Lipinski definition) is 0. The normalized spacial score (nSPS) is 40.3. The lowest BCUT2D eigenvalue weighted by molar-refractivity contribution is -0.159. The Morgan fingerprint density at radius 2 is 1.71 bits per heavy atom. The van der Waals surface area contributed by atoms with Gasteiger partial charge in [0.2, 0.25) is 0 Å². The fourth-order valence-electron chi connectivity index (χ4n) is 2.18. The van der Waals surface area contributed by atoms with Gasteiger partial charge in [-0.3, -0.25) is 0 Å². The van der Waals surface area contributed by atoms with Crippen molar-refractivity contribution in [1.82, 2.24) is 0 Å². The van der Waals surface area contributed by atoms with Crippen LogP contribution in [0.2, 0.25) is 0 Å². The first-order valence-electron chi connectivity index (χ1n) is 5.38. The van der Waals surface area contributed by atoms with Gasteiger partial charge in [0.1, 0.15) is 6.10 Å².